The van der Waals surface area contributed by atoms with Crippen LogP contribution in [0, 0.1) is 0 Å². The molecule has 0 unspecified atom stereocenters. The van der Waals surface area contributed by atoms with Gasteiger partial charge < -0.3 is 9.84 Å². The van der Waals surface area contributed by atoms with E-state index in [1.807, 2.05) is 37.3 Å². The van der Waals surface area contributed by atoms with Gasteiger partial charge in [0.25, 0.3) is 5.91 Å². The molecule has 0 bridgehead atoms. The molecule has 0 spiro atoms. The van der Waals surface area contributed by atoms with Crippen LogP contribution in [0.1, 0.15) is 22.8 Å². The third-order valence-corrected chi connectivity index (χ3v) is 3.73. The summed E-state index contributed by atoms with van der Waals surface area (Å²) in [5.41, 5.74) is 3.46. The molecule has 3 aromatic rings. The summed E-state index contributed by atoms with van der Waals surface area (Å²) >= 11 is 0. The molecule has 25 heavy (non-hydrogen) atoms. The van der Waals surface area contributed by atoms with Crippen molar-refractivity contribution in [3.63, 3.8) is 0 Å². The number of rotatable bonds is 5. The van der Waals surface area contributed by atoms with Crippen molar-refractivity contribution in [3.05, 3.63) is 71.8 Å². The first kappa shape index (κ1) is 16.5. The van der Waals surface area contributed by atoms with E-state index < -0.39 is 0 Å². The van der Waals surface area contributed by atoms with Crippen molar-refractivity contribution < 1.29 is 14.6 Å². The molecule has 2 N–H and O–H groups in total. The number of hydrogen-bond donors (Lipinski definition) is 2. The van der Waals surface area contributed by atoms with Gasteiger partial charge in [0, 0.05) is 16.5 Å². The van der Waals surface area contributed by atoms with Gasteiger partial charge in [0.1, 0.15) is 11.5 Å². The van der Waals surface area contributed by atoms with Gasteiger partial charge in [-0.15, -0.1) is 0 Å². The molecule has 0 fully saturated rings. The fraction of sp³-hybridized carbons (Fsp3) is 0.100. The lowest BCUT2D eigenvalue weighted by Gasteiger charge is -2.05. The molecule has 0 aliphatic carbocycles. The Kier molecular flexibility index (Phi) is 4.95. The van der Waals surface area contributed by atoms with Crippen LogP contribution in [0.4, 0.5) is 0 Å². The van der Waals surface area contributed by atoms with E-state index in [0.717, 1.165) is 10.8 Å². The molecule has 3 aromatic carbocycles. The maximum Gasteiger partial charge on any atom is 0.271 e. The Morgan fingerprint density at radius 1 is 1.12 bits per heavy atom. The maximum atomic E-state index is 12.1. The molecule has 0 aliphatic rings. The van der Waals surface area contributed by atoms with E-state index in [-0.39, 0.29) is 11.7 Å². The SMILES string of the molecule is CCOc1ccc(C(=O)NN=Cc2ccc3ccccc3c2O)cc1. The van der Waals surface area contributed by atoms with Crippen LogP contribution in [0.15, 0.2) is 65.8 Å². The van der Waals surface area contributed by atoms with Gasteiger partial charge in [-0.3, -0.25) is 4.79 Å². The lowest BCUT2D eigenvalue weighted by Crippen LogP contribution is -2.17. The number of carbonyl (C=O) groups is 1. The lowest BCUT2D eigenvalue weighted by molar-refractivity contribution is 0.0955. The number of nitrogens with zero attached hydrogens (tertiary/aromatic N) is 1. The summed E-state index contributed by atoms with van der Waals surface area (Å²) in [6.07, 6.45) is 1.42. The van der Waals surface area contributed by atoms with Crippen molar-refractivity contribution in [1.29, 1.82) is 0 Å². The largest absolute Gasteiger partial charge is 0.507 e. The van der Waals surface area contributed by atoms with E-state index in [0.29, 0.717) is 23.5 Å². The zero-order valence-electron chi connectivity index (χ0n) is 13.8. The minimum absolute atomic E-state index is 0.136. The number of aromatic hydroxyl groups is 1. The van der Waals surface area contributed by atoms with Gasteiger partial charge in [-0.25, -0.2) is 5.43 Å². The Bertz CT molecular complexity index is 918. The summed E-state index contributed by atoms with van der Waals surface area (Å²) in [6.45, 7) is 2.47. The summed E-state index contributed by atoms with van der Waals surface area (Å²) in [4.78, 5) is 12.1. The summed E-state index contributed by atoms with van der Waals surface area (Å²) in [6, 6.07) is 18.0. The van der Waals surface area contributed by atoms with Crippen molar-refractivity contribution in [1.82, 2.24) is 5.43 Å². The molecule has 5 nitrogen and oxygen atoms in total. The molecule has 0 aliphatic heterocycles. The number of phenols is 1. The quantitative estimate of drug-likeness (QED) is 0.552. The van der Waals surface area contributed by atoms with E-state index in [1.54, 1.807) is 30.3 Å². The van der Waals surface area contributed by atoms with E-state index in [2.05, 4.69) is 10.5 Å². The highest BCUT2D eigenvalue weighted by Crippen LogP contribution is 2.27. The number of phenolic OH excluding ortho intramolecular Hbond substituents is 1. The summed E-state index contributed by atoms with van der Waals surface area (Å²) < 4.78 is 5.34. The minimum atomic E-state index is -0.334. The third-order valence-electron chi connectivity index (χ3n) is 3.73. The second kappa shape index (κ2) is 7.49. The number of hydrazone groups is 1. The average molecular weight is 334 g/mol. The van der Waals surface area contributed by atoms with Crippen LogP contribution in [0.3, 0.4) is 0 Å². The average Bonchev–Trinajstić information content (AvgIpc) is 2.64. The second-order valence-electron chi connectivity index (χ2n) is 5.38. The van der Waals surface area contributed by atoms with Crippen LogP contribution < -0.4 is 10.2 Å². The zero-order chi connectivity index (χ0) is 17.6. The predicted molar refractivity (Wildman–Crippen MR) is 98.3 cm³/mol. The monoisotopic (exact) mass is 334 g/mol. The van der Waals surface area contributed by atoms with Crippen molar-refractivity contribution in [2.24, 2.45) is 5.10 Å². The highest BCUT2D eigenvalue weighted by atomic mass is 16.5. The highest BCUT2D eigenvalue weighted by molar-refractivity contribution is 5.98. The topological polar surface area (TPSA) is 70.9 Å². The lowest BCUT2D eigenvalue weighted by atomic mass is 10.1. The fourth-order valence-corrected chi connectivity index (χ4v) is 2.47. The molecule has 0 heterocycles. The fourth-order valence-electron chi connectivity index (χ4n) is 2.47. The van der Waals surface area contributed by atoms with E-state index in [1.165, 1.54) is 6.21 Å². The van der Waals surface area contributed by atoms with Crippen molar-refractivity contribution in [2.45, 2.75) is 6.92 Å². The smallest absolute Gasteiger partial charge is 0.271 e. The van der Waals surface area contributed by atoms with Gasteiger partial charge in [0.2, 0.25) is 0 Å². The summed E-state index contributed by atoms with van der Waals surface area (Å²) in [7, 11) is 0. The predicted octanol–water partition coefficient (Wildman–Crippen LogP) is 3.71. The van der Waals surface area contributed by atoms with E-state index in [9.17, 15) is 9.90 Å². The first-order chi connectivity index (χ1) is 12.2. The molecule has 0 radical (unpaired) electrons. The Morgan fingerprint density at radius 3 is 2.64 bits per heavy atom. The van der Waals surface area contributed by atoms with Gasteiger partial charge in [-0.05, 0) is 42.6 Å². The number of nitrogens with one attached hydrogen (secondary N) is 1. The van der Waals surface area contributed by atoms with E-state index >= 15 is 0 Å². The van der Waals surface area contributed by atoms with Crippen molar-refractivity contribution in [2.75, 3.05) is 6.61 Å². The number of carbonyl (C=O) groups excluding carboxylic acids is 1. The number of ether oxygens (including phenoxy) is 1. The number of amides is 1. The van der Waals surface area contributed by atoms with Crippen molar-refractivity contribution in [3.8, 4) is 11.5 Å². The molecule has 5 heteroatoms. The van der Waals surface area contributed by atoms with Gasteiger partial charge in [-0.1, -0.05) is 30.3 Å². The highest BCUT2D eigenvalue weighted by Gasteiger charge is 2.06. The molecule has 1 amide bonds. The van der Waals surface area contributed by atoms with Crippen LogP contribution >= 0.6 is 0 Å². The summed E-state index contributed by atoms with van der Waals surface area (Å²) in [5.74, 6) is 0.514. The van der Waals surface area contributed by atoms with Crippen LogP contribution in [-0.2, 0) is 0 Å². The van der Waals surface area contributed by atoms with Gasteiger partial charge in [0.05, 0.1) is 12.8 Å². The van der Waals surface area contributed by atoms with Gasteiger partial charge in [-0.2, -0.15) is 5.10 Å². The van der Waals surface area contributed by atoms with Crippen LogP contribution in [0.2, 0.25) is 0 Å². The molecule has 3 rings (SSSR count). The zero-order valence-corrected chi connectivity index (χ0v) is 13.8. The van der Waals surface area contributed by atoms with Crippen LogP contribution in [0.25, 0.3) is 10.8 Å². The maximum absolute atomic E-state index is 12.1. The Hall–Kier alpha value is -3.34. The van der Waals surface area contributed by atoms with Crippen LogP contribution in [0.5, 0.6) is 11.5 Å². The molecular formula is C20H18N2O3. The van der Waals surface area contributed by atoms with Crippen molar-refractivity contribution >= 4 is 22.9 Å². The summed E-state index contributed by atoms with van der Waals surface area (Å²) in [5, 5.41) is 15.9. The molecule has 0 aromatic heterocycles. The Morgan fingerprint density at radius 2 is 1.88 bits per heavy atom. The number of fused-ring (bicyclic) bond motifs is 1. The number of benzene rings is 3. The van der Waals surface area contributed by atoms with Crippen LogP contribution in [-0.4, -0.2) is 23.8 Å². The first-order valence-electron chi connectivity index (χ1n) is 7.96. The molecule has 0 saturated heterocycles. The normalized spacial score (nSPS) is 10.9. The second-order valence-corrected chi connectivity index (χ2v) is 5.38. The number of hydrogen-bond acceptors (Lipinski definition) is 4. The van der Waals surface area contributed by atoms with E-state index in [4.69, 9.17) is 4.74 Å². The minimum Gasteiger partial charge on any atom is -0.507 e. The Balaban J connectivity index is 1.70. The Labute approximate surface area is 145 Å². The first-order valence-corrected chi connectivity index (χ1v) is 7.96. The molecule has 0 atom stereocenters. The molecular weight excluding hydrogens is 316 g/mol. The molecule has 126 valence electrons. The standard InChI is InChI=1S/C20H18N2O3/c1-2-25-17-11-9-15(10-12-17)20(24)22-21-13-16-8-7-14-5-3-4-6-18(14)19(16)23/h3-13,23H,2H2,1H3,(H,22,24). The third kappa shape index (κ3) is 3.77. The van der Waals surface area contributed by atoms with Gasteiger partial charge >= 0.3 is 0 Å². The molecule has 0 saturated carbocycles. The van der Waals surface area contributed by atoms with Gasteiger partial charge in [0.15, 0.2) is 0 Å².